The number of piperazine rings is 1. The van der Waals surface area contributed by atoms with E-state index >= 15 is 0 Å². The van der Waals surface area contributed by atoms with E-state index in [9.17, 15) is 0 Å². The minimum atomic E-state index is 0.587. The van der Waals surface area contributed by atoms with Gasteiger partial charge in [-0.2, -0.15) is 5.10 Å². The van der Waals surface area contributed by atoms with Gasteiger partial charge in [0, 0.05) is 38.3 Å². The first kappa shape index (κ1) is 21.0. The standard InChI is InChI=1S/C25H29N3O3/c1-29-23-15-19(16-24(30-2)25(23)31-3)17-26-28-13-11-27(12-14-28)18-21-9-6-8-20-7-4-5-10-22(20)21/h4-10,15-17H,11-14,18H2,1-3H3. The third kappa shape index (κ3) is 4.75. The first-order valence-electron chi connectivity index (χ1n) is 10.5. The number of ether oxygens (including phenoxy) is 3. The summed E-state index contributed by atoms with van der Waals surface area (Å²) in [7, 11) is 4.84. The smallest absolute Gasteiger partial charge is 0.203 e. The lowest BCUT2D eigenvalue weighted by atomic mass is 10.0. The quantitative estimate of drug-likeness (QED) is 0.542. The van der Waals surface area contributed by atoms with Crippen molar-refractivity contribution in [2.45, 2.75) is 6.54 Å². The van der Waals surface area contributed by atoms with Crippen LogP contribution in [0.15, 0.2) is 59.7 Å². The second-order valence-corrected chi connectivity index (χ2v) is 7.57. The Balaban J connectivity index is 1.39. The van der Waals surface area contributed by atoms with Gasteiger partial charge in [0.05, 0.1) is 27.5 Å². The molecule has 1 saturated heterocycles. The summed E-state index contributed by atoms with van der Waals surface area (Å²) < 4.78 is 16.2. The van der Waals surface area contributed by atoms with Gasteiger partial charge in [0.2, 0.25) is 5.75 Å². The Hall–Kier alpha value is -3.25. The van der Waals surface area contributed by atoms with Gasteiger partial charge in [0.25, 0.3) is 0 Å². The van der Waals surface area contributed by atoms with Crippen LogP contribution in [0, 0.1) is 0 Å². The van der Waals surface area contributed by atoms with Crippen molar-refractivity contribution in [3.05, 3.63) is 65.7 Å². The van der Waals surface area contributed by atoms with E-state index in [0.29, 0.717) is 17.2 Å². The van der Waals surface area contributed by atoms with Crippen LogP contribution in [0.25, 0.3) is 10.8 Å². The Kier molecular flexibility index (Phi) is 6.57. The van der Waals surface area contributed by atoms with Gasteiger partial charge in [-0.25, -0.2) is 0 Å². The molecule has 0 N–H and O–H groups in total. The van der Waals surface area contributed by atoms with Crippen molar-refractivity contribution < 1.29 is 14.2 Å². The fraction of sp³-hybridized carbons (Fsp3) is 0.320. The molecule has 0 unspecified atom stereocenters. The third-order valence-corrected chi connectivity index (χ3v) is 5.68. The van der Waals surface area contributed by atoms with Crippen LogP contribution in [0.2, 0.25) is 0 Å². The summed E-state index contributed by atoms with van der Waals surface area (Å²) in [6, 6.07) is 19.0. The van der Waals surface area contributed by atoms with Gasteiger partial charge >= 0.3 is 0 Å². The predicted octanol–water partition coefficient (Wildman–Crippen LogP) is 4.02. The Morgan fingerprint density at radius 1 is 0.839 bits per heavy atom. The highest BCUT2D eigenvalue weighted by Crippen LogP contribution is 2.37. The van der Waals surface area contributed by atoms with E-state index in [1.807, 2.05) is 18.3 Å². The van der Waals surface area contributed by atoms with Crippen molar-refractivity contribution >= 4 is 17.0 Å². The maximum absolute atomic E-state index is 5.43. The second-order valence-electron chi connectivity index (χ2n) is 7.57. The molecule has 0 saturated carbocycles. The summed E-state index contributed by atoms with van der Waals surface area (Å²) in [6.45, 7) is 4.72. The number of methoxy groups -OCH3 is 3. The molecule has 0 bridgehead atoms. The van der Waals surface area contributed by atoms with Crippen LogP contribution in [-0.4, -0.2) is 63.6 Å². The van der Waals surface area contributed by atoms with Gasteiger partial charge in [-0.1, -0.05) is 42.5 Å². The lowest BCUT2D eigenvalue weighted by molar-refractivity contribution is 0.131. The van der Waals surface area contributed by atoms with Crippen LogP contribution in [0.1, 0.15) is 11.1 Å². The SMILES string of the molecule is COc1cc(C=NN2CCN(Cc3cccc4ccccc34)CC2)cc(OC)c1OC. The van der Waals surface area contributed by atoms with E-state index in [0.717, 1.165) is 38.3 Å². The first-order chi connectivity index (χ1) is 15.2. The van der Waals surface area contributed by atoms with Crippen molar-refractivity contribution in [1.29, 1.82) is 0 Å². The van der Waals surface area contributed by atoms with Crippen LogP contribution < -0.4 is 14.2 Å². The monoisotopic (exact) mass is 419 g/mol. The van der Waals surface area contributed by atoms with E-state index < -0.39 is 0 Å². The van der Waals surface area contributed by atoms with Crippen LogP contribution >= 0.6 is 0 Å². The second kappa shape index (κ2) is 9.71. The lowest BCUT2D eigenvalue weighted by Crippen LogP contribution is -2.43. The average molecular weight is 420 g/mol. The van der Waals surface area contributed by atoms with E-state index in [4.69, 9.17) is 14.2 Å². The molecule has 162 valence electrons. The zero-order valence-corrected chi connectivity index (χ0v) is 18.4. The summed E-state index contributed by atoms with van der Waals surface area (Å²) in [5.41, 5.74) is 2.29. The number of hydrazone groups is 1. The zero-order chi connectivity index (χ0) is 21.6. The first-order valence-corrected chi connectivity index (χ1v) is 10.5. The van der Waals surface area contributed by atoms with Gasteiger partial charge in [-0.05, 0) is 28.5 Å². The number of benzene rings is 3. The van der Waals surface area contributed by atoms with Crippen LogP contribution in [-0.2, 0) is 6.54 Å². The van der Waals surface area contributed by atoms with Crippen molar-refractivity contribution in [3.63, 3.8) is 0 Å². The lowest BCUT2D eigenvalue weighted by Gasteiger charge is -2.33. The van der Waals surface area contributed by atoms with E-state index in [-0.39, 0.29) is 0 Å². The van der Waals surface area contributed by atoms with E-state index in [2.05, 4.69) is 57.5 Å². The maximum atomic E-state index is 5.43. The normalized spacial score (nSPS) is 14.9. The van der Waals surface area contributed by atoms with Gasteiger partial charge < -0.3 is 14.2 Å². The summed E-state index contributed by atoms with van der Waals surface area (Å²) in [5.74, 6) is 1.84. The molecule has 0 amide bonds. The van der Waals surface area contributed by atoms with Crippen LogP contribution in [0.4, 0.5) is 0 Å². The molecule has 0 aromatic heterocycles. The molecule has 1 heterocycles. The Morgan fingerprint density at radius 3 is 2.19 bits per heavy atom. The fourth-order valence-corrected chi connectivity index (χ4v) is 4.01. The molecule has 3 aromatic rings. The number of hydrogen-bond donors (Lipinski definition) is 0. The summed E-state index contributed by atoms with van der Waals surface area (Å²) in [4.78, 5) is 2.49. The number of hydrogen-bond acceptors (Lipinski definition) is 6. The molecule has 3 aromatic carbocycles. The molecule has 1 fully saturated rings. The molecule has 6 nitrogen and oxygen atoms in total. The van der Waals surface area contributed by atoms with Gasteiger partial charge in [0.1, 0.15) is 0 Å². The molecule has 1 aliphatic rings. The highest BCUT2D eigenvalue weighted by Gasteiger charge is 2.17. The van der Waals surface area contributed by atoms with Crippen LogP contribution in [0.5, 0.6) is 17.2 Å². The summed E-state index contributed by atoms with van der Waals surface area (Å²) >= 11 is 0. The number of nitrogens with zero attached hydrogens (tertiary/aromatic N) is 3. The largest absolute Gasteiger partial charge is 0.493 e. The van der Waals surface area contributed by atoms with Gasteiger partial charge in [-0.3, -0.25) is 9.91 Å². The molecule has 6 heteroatoms. The van der Waals surface area contributed by atoms with Crippen molar-refractivity contribution in [1.82, 2.24) is 9.91 Å². The topological polar surface area (TPSA) is 46.5 Å². The molecule has 31 heavy (non-hydrogen) atoms. The van der Waals surface area contributed by atoms with Crippen molar-refractivity contribution in [2.24, 2.45) is 5.10 Å². The molecule has 0 spiro atoms. The highest BCUT2D eigenvalue weighted by atomic mass is 16.5. The minimum Gasteiger partial charge on any atom is -0.493 e. The van der Waals surface area contributed by atoms with E-state index in [1.54, 1.807) is 21.3 Å². The average Bonchev–Trinajstić information content (AvgIpc) is 2.83. The predicted molar refractivity (Wildman–Crippen MR) is 124 cm³/mol. The molecule has 0 atom stereocenters. The fourth-order valence-electron chi connectivity index (χ4n) is 4.01. The highest BCUT2D eigenvalue weighted by molar-refractivity contribution is 5.85. The molecular formula is C25H29N3O3. The Bertz CT molecular complexity index is 1030. The van der Waals surface area contributed by atoms with E-state index in [1.165, 1.54) is 16.3 Å². The van der Waals surface area contributed by atoms with Crippen molar-refractivity contribution in [3.8, 4) is 17.2 Å². The summed E-state index contributed by atoms with van der Waals surface area (Å²) in [6.07, 6.45) is 1.85. The van der Waals surface area contributed by atoms with Gasteiger partial charge in [0.15, 0.2) is 11.5 Å². The number of rotatable bonds is 7. The minimum absolute atomic E-state index is 0.587. The molecule has 4 rings (SSSR count). The Labute approximate surface area is 183 Å². The molecule has 1 aliphatic heterocycles. The maximum Gasteiger partial charge on any atom is 0.203 e. The zero-order valence-electron chi connectivity index (χ0n) is 18.4. The van der Waals surface area contributed by atoms with Crippen LogP contribution in [0.3, 0.4) is 0 Å². The van der Waals surface area contributed by atoms with Crippen molar-refractivity contribution in [2.75, 3.05) is 47.5 Å². The van der Waals surface area contributed by atoms with Gasteiger partial charge in [-0.15, -0.1) is 0 Å². The molecule has 0 radical (unpaired) electrons. The Morgan fingerprint density at radius 2 is 1.52 bits per heavy atom. The molecule has 0 aliphatic carbocycles. The third-order valence-electron chi connectivity index (χ3n) is 5.68. The number of fused-ring (bicyclic) bond motifs is 1. The summed E-state index contributed by atoms with van der Waals surface area (Å²) in [5, 5.41) is 9.43. The molecular weight excluding hydrogens is 390 g/mol.